The van der Waals surface area contributed by atoms with Gasteiger partial charge in [0.05, 0.1) is 6.61 Å². The fourth-order valence-corrected chi connectivity index (χ4v) is 3.68. The predicted octanol–water partition coefficient (Wildman–Crippen LogP) is 3.48. The first kappa shape index (κ1) is 22.7. The van der Waals surface area contributed by atoms with E-state index in [0.29, 0.717) is 36.1 Å². The van der Waals surface area contributed by atoms with Crippen LogP contribution in [0.3, 0.4) is 0 Å². The number of thiazole rings is 1. The molecule has 1 aliphatic heterocycles. The summed E-state index contributed by atoms with van der Waals surface area (Å²) in [5.74, 6) is 1.23. The molecule has 2 aromatic carbocycles. The zero-order chi connectivity index (χ0) is 22.2. The maximum absolute atomic E-state index is 12.6. The van der Waals surface area contributed by atoms with Gasteiger partial charge in [-0.25, -0.2) is 4.98 Å². The van der Waals surface area contributed by atoms with E-state index in [-0.39, 0.29) is 12.2 Å². The molecule has 1 aliphatic rings. The van der Waals surface area contributed by atoms with Crippen molar-refractivity contribution in [3.63, 3.8) is 0 Å². The van der Waals surface area contributed by atoms with Gasteiger partial charge in [0.1, 0.15) is 11.5 Å². The number of amides is 1. The second-order valence-electron chi connectivity index (χ2n) is 6.39. The second-order valence-corrected chi connectivity index (χ2v) is 8.26. The summed E-state index contributed by atoms with van der Waals surface area (Å²) < 4.78 is 33.0. The summed E-state index contributed by atoms with van der Waals surface area (Å²) in [4.78, 5) is 18.1. The Morgan fingerprint density at radius 2 is 1.90 bits per heavy atom. The zero-order valence-electron chi connectivity index (χ0n) is 16.8. The molecule has 166 valence electrons. The monoisotopic (exact) mass is 462 g/mol. The predicted molar refractivity (Wildman–Crippen MR) is 121 cm³/mol. The number of nitrogens with zero attached hydrogens (tertiary/aromatic N) is 2. The van der Waals surface area contributed by atoms with Crippen molar-refractivity contribution in [2.45, 2.75) is 24.3 Å². The Kier molecular flexibility index (Phi) is 7.99. The van der Waals surface area contributed by atoms with E-state index in [2.05, 4.69) is 4.98 Å². The highest BCUT2D eigenvalue weighted by Crippen LogP contribution is 2.26. The molecule has 3 aromatic rings. The lowest BCUT2D eigenvalue weighted by Crippen LogP contribution is -2.32. The molecule has 4 rings (SSSR count). The number of nitrogens with two attached hydrogens (primary N) is 1. The number of rotatable bonds is 6. The summed E-state index contributed by atoms with van der Waals surface area (Å²) in [6, 6.07) is 13.4. The molecule has 8 nitrogen and oxygen atoms in total. The van der Waals surface area contributed by atoms with Gasteiger partial charge in [0.25, 0.3) is 5.91 Å². The van der Waals surface area contributed by atoms with Crippen molar-refractivity contribution in [3.8, 4) is 11.5 Å². The summed E-state index contributed by atoms with van der Waals surface area (Å²) in [6.07, 6.45) is 1.70. The fraction of sp³-hybridized carbons (Fsp3) is 0.238. The molecule has 1 amide bonds. The largest absolute Gasteiger partial charge is 0.768 e. The van der Waals surface area contributed by atoms with E-state index in [0.717, 1.165) is 5.75 Å². The van der Waals surface area contributed by atoms with Crippen LogP contribution in [0.25, 0.3) is 0 Å². The number of ether oxygens (including phenoxy) is 2. The molecule has 2 heterocycles. The Hall–Kier alpha value is -2.95. The number of carbonyl (C=O) groups excluding carboxylic acids is 1. The standard InChI is InChI=1S/C18H19NO5S.C3H4N2S.H2/c1-2-23-14-5-7-15(8-6-14)24-17-11-12-19(18(17)20)13-3-9-16(10-4-13)25(21)22;4-3-5-1-2-6-3;/h3-10,17H,2,11-12H2,1H3,(H,21,22);1-2H,(H2,4,5);1H/p-1. The minimum absolute atomic E-state index is 0. The van der Waals surface area contributed by atoms with E-state index in [1.807, 2.05) is 12.3 Å². The van der Waals surface area contributed by atoms with E-state index in [1.54, 1.807) is 47.5 Å². The van der Waals surface area contributed by atoms with Crippen molar-refractivity contribution in [1.29, 1.82) is 0 Å². The van der Waals surface area contributed by atoms with Gasteiger partial charge in [0.15, 0.2) is 11.2 Å². The van der Waals surface area contributed by atoms with Crippen molar-refractivity contribution >= 4 is 39.1 Å². The number of nitrogen functional groups attached to an aromatic ring is 1. The average Bonchev–Trinajstić information content (AvgIpc) is 3.39. The maximum atomic E-state index is 12.6. The molecule has 0 spiro atoms. The molecule has 0 aliphatic carbocycles. The molecule has 0 saturated carbocycles. The number of hydrogen-bond donors (Lipinski definition) is 1. The Morgan fingerprint density at radius 3 is 2.42 bits per heavy atom. The summed E-state index contributed by atoms with van der Waals surface area (Å²) in [5, 5.41) is 2.48. The van der Waals surface area contributed by atoms with E-state index >= 15 is 0 Å². The Balaban J connectivity index is 0.000000450. The van der Waals surface area contributed by atoms with Crippen molar-refractivity contribution in [2.24, 2.45) is 0 Å². The van der Waals surface area contributed by atoms with Gasteiger partial charge in [-0.15, -0.1) is 11.3 Å². The maximum Gasteiger partial charge on any atom is 0.268 e. The average molecular weight is 463 g/mol. The summed E-state index contributed by atoms with van der Waals surface area (Å²) >= 11 is -0.829. The molecule has 2 atom stereocenters. The molecule has 31 heavy (non-hydrogen) atoms. The van der Waals surface area contributed by atoms with Crippen LogP contribution >= 0.6 is 11.3 Å². The van der Waals surface area contributed by atoms with Crippen LogP contribution in [0, 0.1) is 0 Å². The first-order valence-corrected chi connectivity index (χ1v) is 11.5. The summed E-state index contributed by atoms with van der Waals surface area (Å²) in [6.45, 7) is 3.03. The highest BCUT2D eigenvalue weighted by molar-refractivity contribution is 7.79. The quantitative estimate of drug-likeness (QED) is 0.557. The van der Waals surface area contributed by atoms with E-state index in [1.165, 1.54) is 23.5 Å². The minimum atomic E-state index is -2.27. The highest BCUT2D eigenvalue weighted by atomic mass is 32.2. The van der Waals surface area contributed by atoms with Gasteiger partial charge in [-0.05, 0) is 66.5 Å². The van der Waals surface area contributed by atoms with Crippen molar-refractivity contribution in [2.75, 3.05) is 23.8 Å². The lowest BCUT2D eigenvalue weighted by Gasteiger charge is -2.18. The van der Waals surface area contributed by atoms with Crippen molar-refractivity contribution in [3.05, 3.63) is 60.1 Å². The smallest absolute Gasteiger partial charge is 0.268 e. The second kappa shape index (κ2) is 10.9. The van der Waals surface area contributed by atoms with Gasteiger partial charge < -0.3 is 24.7 Å². The molecular weight excluding hydrogens is 438 g/mol. The van der Waals surface area contributed by atoms with Gasteiger partial charge in [-0.2, -0.15) is 0 Å². The lowest BCUT2D eigenvalue weighted by atomic mass is 10.3. The third-order valence-electron chi connectivity index (χ3n) is 4.36. The summed E-state index contributed by atoms with van der Waals surface area (Å²) in [7, 11) is 0. The van der Waals surface area contributed by atoms with Crippen LogP contribution in [0.5, 0.6) is 11.5 Å². The van der Waals surface area contributed by atoms with Gasteiger partial charge in [-0.3, -0.25) is 9.00 Å². The van der Waals surface area contributed by atoms with Crippen LogP contribution in [0.15, 0.2) is 65.0 Å². The highest BCUT2D eigenvalue weighted by Gasteiger charge is 2.34. The fourth-order valence-electron chi connectivity index (χ4n) is 2.94. The van der Waals surface area contributed by atoms with Gasteiger partial charge >= 0.3 is 0 Å². The number of hydrogen-bond acceptors (Lipinski definition) is 8. The van der Waals surface area contributed by atoms with Crippen molar-refractivity contribution < 1.29 is 24.5 Å². The van der Waals surface area contributed by atoms with Crippen LogP contribution in [-0.4, -0.2) is 38.9 Å². The molecule has 2 N–H and O–H groups in total. The summed E-state index contributed by atoms with van der Waals surface area (Å²) in [5.41, 5.74) is 5.85. The van der Waals surface area contributed by atoms with Crippen LogP contribution < -0.4 is 20.1 Å². The first-order valence-electron chi connectivity index (χ1n) is 9.53. The van der Waals surface area contributed by atoms with Gasteiger partial charge in [0.2, 0.25) is 0 Å². The molecule has 1 fully saturated rings. The topological polar surface area (TPSA) is 118 Å². The molecule has 0 bridgehead atoms. The number of benzene rings is 2. The third kappa shape index (κ3) is 6.27. The SMILES string of the molecule is CCOc1ccc(OC2CCN(c3ccc(S(=O)[O-])cc3)C2=O)cc1.Nc1nccs1.[HH]. The van der Waals surface area contributed by atoms with Gasteiger partial charge in [-0.1, -0.05) is 0 Å². The first-order chi connectivity index (χ1) is 15.0. The van der Waals surface area contributed by atoms with Gasteiger partial charge in [0, 0.05) is 36.6 Å². The number of carbonyl (C=O) groups is 1. The third-order valence-corrected chi connectivity index (χ3v) is 5.62. The van der Waals surface area contributed by atoms with Crippen LogP contribution in [0.4, 0.5) is 10.8 Å². The Morgan fingerprint density at radius 1 is 1.23 bits per heavy atom. The molecule has 1 saturated heterocycles. The Labute approximate surface area is 188 Å². The van der Waals surface area contributed by atoms with Crippen LogP contribution in [0.2, 0.25) is 0 Å². The van der Waals surface area contributed by atoms with E-state index < -0.39 is 17.2 Å². The van der Waals surface area contributed by atoms with Crippen LogP contribution in [0.1, 0.15) is 14.8 Å². The van der Waals surface area contributed by atoms with Crippen LogP contribution in [-0.2, 0) is 15.9 Å². The van der Waals surface area contributed by atoms with E-state index in [9.17, 15) is 13.6 Å². The molecular formula is C21H24N3O5S2-. The number of aromatic nitrogens is 1. The molecule has 1 aromatic heterocycles. The van der Waals surface area contributed by atoms with Crippen molar-refractivity contribution in [1.82, 2.24) is 4.98 Å². The normalized spacial score (nSPS) is 16.4. The number of anilines is 2. The van der Waals surface area contributed by atoms with E-state index in [4.69, 9.17) is 15.2 Å². The molecule has 2 unspecified atom stereocenters. The minimum Gasteiger partial charge on any atom is -0.768 e. The molecule has 0 radical (unpaired) electrons. The molecule has 10 heteroatoms. The Bertz CT molecular complexity index is 1000. The zero-order valence-corrected chi connectivity index (χ0v) is 18.4. The lowest BCUT2D eigenvalue weighted by molar-refractivity contribution is -0.122.